The molecule has 0 fully saturated rings. The van der Waals surface area contributed by atoms with Crippen molar-refractivity contribution < 1.29 is 0 Å². The molecule has 0 saturated carbocycles. The summed E-state index contributed by atoms with van der Waals surface area (Å²) in [5.74, 6) is 0. The fraction of sp³-hybridized carbons (Fsp3) is 0.0370. The Morgan fingerprint density at radius 3 is 1.79 bits per heavy atom. The molecule has 0 saturated heterocycles. The van der Waals surface area contributed by atoms with E-state index in [2.05, 4.69) is 120 Å². The van der Waals surface area contributed by atoms with Crippen LogP contribution in [-0.2, 0) is 6.54 Å². The SMILES string of the molecule is c1ccc(Cn2ccc3cc(-c4ccc(-c5ccccc5)cc4)ccc32)cc1. The first kappa shape index (κ1) is 16.6. The molecule has 1 heteroatoms. The van der Waals surface area contributed by atoms with Gasteiger partial charge in [0.25, 0.3) is 0 Å². The first-order valence-corrected chi connectivity index (χ1v) is 9.65. The van der Waals surface area contributed by atoms with E-state index in [1.54, 1.807) is 0 Å². The van der Waals surface area contributed by atoms with Gasteiger partial charge in [0.15, 0.2) is 0 Å². The van der Waals surface area contributed by atoms with Gasteiger partial charge in [0.2, 0.25) is 0 Å². The van der Waals surface area contributed by atoms with Crippen molar-refractivity contribution >= 4 is 10.9 Å². The summed E-state index contributed by atoms with van der Waals surface area (Å²) in [4.78, 5) is 0. The third-order valence-corrected chi connectivity index (χ3v) is 5.29. The molecule has 0 unspecified atom stereocenters. The summed E-state index contributed by atoms with van der Waals surface area (Å²) in [7, 11) is 0. The molecule has 0 amide bonds. The molecule has 5 aromatic rings. The average molecular weight is 359 g/mol. The smallest absolute Gasteiger partial charge is 0.0483 e. The Balaban J connectivity index is 1.44. The van der Waals surface area contributed by atoms with Crippen LogP contribution in [0.2, 0.25) is 0 Å². The second kappa shape index (κ2) is 7.21. The van der Waals surface area contributed by atoms with Crippen molar-refractivity contribution in [3.05, 3.63) is 121 Å². The summed E-state index contributed by atoms with van der Waals surface area (Å²) >= 11 is 0. The van der Waals surface area contributed by atoms with E-state index >= 15 is 0 Å². The topological polar surface area (TPSA) is 4.93 Å². The van der Waals surface area contributed by atoms with Crippen LogP contribution in [0.15, 0.2) is 115 Å². The summed E-state index contributed by atoms with van der Waals surface area (Å²) in [6, 6.07) is 38.9. The Bertz CT molecular complexity index is 1200. The molecule has 0 N–H and O–H groups in total. The van der Waals surface area contributed by atoms with Gasteiger partial charge in [0.1, 0.15) is 0 Å². The highest BCUT2D eigenvalue weighted by Gasteiger charge is 2.05. The molecule has 5 rings (SSSR count). The first-order chi connectivity index (χ1) is 13.9. The van der Waals surface area contributed by atoms with Gasteiger partial charge in [-0.1, -0.05) is 91.0 Å². The van der Waals surface area contributed by atoms with Gasteiger partial charge >= 0.3 is 0 Å². The van der Waals surface area contributed by atoms with Crippen LogP contribution < -0.4 is 0 Å². The Morgan fingerprint density at radius 2 is 1.07 bits per heavy atom. The van der Waals surface area contributed by atoms with Gasteiger partial charge in [-0.25, -0.2) is 0 Å². The number of rotatable bonds is 4. The fourth-order valence-electron chi connectivity index (χ4n) is 3.78. The molecule has 0 aliphatic heterocycles. The standard InChI is InChI=1S/C27H21N/c1-3-7-21(8-4-1)20-28-18-17-26-19-25(15-16-27(26)28)24-13-11-23(12-14-24)22-9-5-2-6-10-22/h1-19H,20H2. The molecule has 4 aromatic carbocycles. The predicted molar refractivity (Wildman–Crippen MR) is 118 cm³/mol. The van der Waals surface area contributed by atoms with Crippen molar-refractivity contribution in [3.63, 3.8) is 0 Å². The number of benzene rings is 4. The van der Waals surface area contributed by atoms with Gasteiger partial charge in [-0.3, -0.25) is 0 Å². The summed E-state index contributed by atoms with van der Waals surface area (Å²) < 4.78 is 2.31. The molecule has 28 heavy (non-hydrogen) atoms. The molecule has 1 aromatic heterocycles. The van der Waals surface area contributed by atoms with Gasteiger partial charge in [0.05, 0.1) is 0 Å². The summed E-state index contributed by atoms with van der Waals surface area (Å²) in [6.07, 6.45) is 2.18. The zero-order valence-electron chi connectivity index (χ0n) is 15.6. The molecular weight excluding hydrogens is 338 g/mol. The van der Waals surface area contributed by atoms with Crippen LogP contribution in [-0.4, -0.2) is 4.57 Å². The van der Waals surface area contributed by atoms with Crippen LogP contribution in [0.4, 0.5) is 0 Å². The van der Waals surface area contributed by atoms with Crippen molar-refractivity contribution in [2.24, 2.45) is 0 Å². The largest absolute Gasteiger partial charge is 0.343 e. The highest BCUT2D eigenvalue weighted by molar-refractivity contribution is 5.86. The van der Waals surface area contributed by atoms with Crippen molar-refractivity contribution in [2.75, 3.05) is 0 Å². The maximum absolute atomic E-state index is 2.31. The molecule has 134 valence electrons. The van der Waals surface area contributed by atoms with Gasteiger partial charge in [0, 0.05) is 23.6 Å². The minimum atomic E-state index is 0.898. The van der Waals surface area contributed by atoms with Crippen LogP contribution >= 0.6 is 0 Å². The van der Waals surface area contributed by atoms with Crippen molar-refractivity contribution in [1.29, 1.82) is 0 Å². The van der Waals surface area contributed by atoms with E-state index in [0.717, 1.165) is 6.54 Å². The highest BCUT2D eigenvalue weighted by atomic mass is 14.9. The number of nitrogens with zero attached hydrogens (tertiary/aromatic N) is 1. The maximum atomic E-state index is 2.31. The number of hydrogen-bond donors (Lipinski definition) is 0. The van der Waals surface area contributed by atoms with Crippen LogP contribution in [0.25, 0.3) is 33.2 Å². The summed E-state index contributed by atoms with van der Waals surface area (Å²) in [5, 5.41) is 1.28. The van der Waals surface area contributed by atoms with Gasteiger partial charge < -0.3 is 4.57 Å². The van der Waals surface area contributed by atoms with E-state index in [9.17, 15) is 0 Å². The van der Waals surface area contributed by atoms with Gasteiger partial charge in [-0.2, -0.15) is 0 Å². The molecule has 0 aliphatic rings. The zero-order valence-corrected chi connectivity index (χ0v) is 15.6. The minimum Gasteiger partial charge on any atom is -0.343 e. The van der Waals surface area contributed by atoms with E-state index in [-0.39, 0.29) is 0 Å². The normalized spacial score (nSPS) is 11.0. The lowest BCUT2D eigenvalue weighted by atomic mass is 9.99. The third-order valence-electron chi connectivity index (χ3n) is 5.29. The second-order valence-electron chi connectivity index (χ2n) is 7.15. The Labute approximate surface area is 165 Å². The second-order valence-corrected chi connectivity index (χ2v) is 7.15. The lowest BCUT2D eigenvalue weighted by Gasteiger charge is -2.08. The van der Waals surface area contributed by atoms with E-state index in [1.165, 1.54) is 38.7 Å². The monoisotopic (exact) mass is 359 g/mol. The average Bonchev–Trinajstić information content (AvgIpc) is 3.17. The lowest BCUT2D eigenvalue weighted by molar-refractivity contribution is 0.837. The van der Waals surface area contributed by atoms with E-state index in [1.807, 2.05) is 0 Å². The van der Waals surface area contributed by atoms with Crippen molar-refractivity contribution in [3.8, 4) is 22.3 Å². The van der Waals surface area contributed by atoms with Crippen molar-refractivity contribution in [1.82, 2.24) is 4.57 Å². The molecular formula is C27H21N. The molecule has 1 heterocycles. The molecule has 0 radical (unpaired) electrons. The Kier molecular flexibility index (Phi) is 4.27. The molecule has 0 atom stereocenters. The van der Waals surface area contributed by atoms with Gasteiger partial charge in [-0.15, -0.1) is 0 Å². The Hall–Kier alpha value is -3.58. The molecule has 0 spiro atoms. The minimum absolute atomic E-state index is 0.898. The zero-order chi connectivity index (χ0) is 18.8. The maximum Gasteiger partial charge on any atom is 0.0483 e. The number of aromatic nitrogens is 1. The van der Waals surface area contributed by atoms with Crippen LogP contribution in [0.1, 0.15) is 5.56 Å². The number of hydrogen-bond acceptors (Lipinski definition) is 0. The predicted octanol–water partition coefficient (Wildman–Crippen LogP) is 7.02. The van der Waals surface area contributed by atoms with E-state index in [0.29, 0.717) is 0 Å². The third kappa shape index (κ3) is 3.23. The highest BCUT2D eigenvalue weighted by Crippen LogP contribution is 2.28. The molecule has 0 bridgehead atoms. The summed E-state index contributed by atoms with van der Waals surface area (Å²) in [5.41, 5.74) is 7.60. The molecule has 1 nitrogen and oxygen atoms in total. The van der Waals surface area contributed by atoms with Crippen LogP contribution in [0, 0.1) is 0 Å². The Morgan fingerprint density at radius 1 is 0.500 bits per heavy atom. The summed E-state index contributed by atoms with van der Waals surface area (Å²) in [6.45, 7) is 0.898. The number of fused-ring (bicyclic) bond motifs is 1. The van der Waals surface area contributed by atoms with Crippen LogP contribution in [0.5, 0.6) is 0 Å². The first-order valence-electron chi connectivity index (χ1n) is 9.65. The fourth-order valence-corrected chi connectivity index (χ4v) is 3.78. The van der Waals surface area contributed by atoms with Gasteiger partial charge in [-0.05, 0) is 46.0 Å². The molecule has 0 aliphatic carbocycles. The lowest BCUT2D eigenvalue weighted by Crippen LogP contribution is -1.97. The quantitative estimate of drug-likeness (QED) is 0.325. The van der Waals surface area contributed by atoms with Crippen LogP contribution in [0.3, 0.4) is 0 Å². The van der Waals surface area contributed by atoms with E-state index < -0.39 is 0 Å². The van der Waals surface area contributed by atoms with Crippen molar-refractivity contribution in [2.45, 2.75) is 6.54 Å². The van der Waals surface area contributed by atoms with E-state index in [4.69, 9.17) is 0 Å².